The SMILES string of the molecule is Cc1ccccc1SNC(=O)Nc1ccc(OCc2nc3ccc(Cl)cc3[nH]2)cc1. The third kappa shape index (κ3) is 5.06. The lowest BCUT2D eigenvalue weighted by molar-refractivity contribution is 0.257. The van der Waals surface area contributed by atoms with Gasteiger partial charge in [0.15, 0.2) is 0 Å². The van der Waals surface area contributed by atoms with Crippen molar-refractivity contribution >= 4 is 46.3 Å². The molecule has 1 heterocycles. The molecule has 4 aromatic rings. The van der Waals surface area contributed by atoms with Crippen molar-refractivity contribution in [3.8, 4) is 5.75 Å². The molecule has 1 aromatic heterocycles. The number of benzene rings is 3. The number of ether oxygens (including phenoxy) is 1. The summed E-state index contributed by atoms with van der Waals surface area (Å²) >= 11 is 7.28. The maximum Gasteiger partial charge on any atom is 0.329 e. The van der Waals surface area contributed by atoms with Crippen molar-refractivity contribution < 1.29 is 9.53 Å². The first kappa shape index (κ1) is 20.1. The Morgan fingerprint density at radius 1 is 1.13 bits per heavy atom. The fourth-order valence-electron chi connectivity index (χ4n) is 2.82. The van der Waals surface area contributed by atoms with E-state index in [-0.39, 0.29) is 6.03 Å². The zero-order valence-electron chi connectivity index (χ0n) is 16.1. The standard InChI is InChI=1S/C22H19ClN4O2S/c1-14-4-2-3-5-20(14)30-27-22(28)24-16-7-9-17(10-8-16)29-13-21-25-18-11-6-15(23)12-19(18)26-21/h2-12H,13H2,1H3,(H,25,26)(H2,24,27,28). The summed E-state index contributed by atoms with van der Waals surface area (Å²) in [5.74, 6) is 1.39. The molecule has 0 aliphatic rings. The first-order valence-electron chi connectivity index (χ1n) is 9.23. The molecule has 0 bridgehead atoms. The van der Waals surface area contributed by atoms with Gasteiger partial charge >= 0.3 is 6.03 Å². The number of fused-ring (bicyclic) bond motifs is 1. The number of nitrogens with zero attached hydrogens (tertiary/aromatic N) is 1. The van der Waals surface area contributed by atoms with Crippen LogP contribution in [-0.2, 0) is 6.61 Å². The highest BCUT2D eigenvalue weighted by Crippen LogP contribution is 2.21. The van der Waals surface area contributed by atoms with Gasteiger partial charge in [-0.25, -0.2) is 9.78 Å². The zero-order chi connectivity index (χ0) is 20.9. The van der Waals surface area contributed by atoms with Gasteiger partial charge in [0.1, 0.15) is 18.2 Å². The third-order valence-electron chi connectivity index (χ3n) is 4.33. The van der Waals surface area contributed by atoms with Crippen LogP contribution >= 0.6 is 23.5 Å². The number of hydrogen-bond donors (Lipinski definition) is 3. The fraction of sp³-hybridized carbons (Fsp3) is 0.0909. The number of urea groups is 1. The molecule has 8 heteroatoms. The summed E-state index contributed by atoms with van der Waals surface area (Å²) in [5, 5.41) is 3.45. The van der Waals surface area contributed by atoms with E-state index >= 15 is 0 Å². The molecular formula is C22H19ClN4O2S. The first-order valence-corrected chi connectivity index (χ1v) is 10.4. The molecule has 0 saturated heterocycles. The highest BCUT2D eigenvalue weighted by molar-refractivity contribution is 7.98. The van der Waals surface area contributed by atoms with Gasteiger partial charge in [0, 0.05) is 15.6 Å². The van der Waals surface area contributed by atoms with Gasteiger partial charge in [-0.1, -0.05) is 29.8 Å². The summed E-state index contributed by atoms with van der Waals surface area (Å²) < 4.78 is 8.55. The fourth-order valence-corrected chi connectivity index (χ4v) is 3.62. The van der Waals surface area contributed by atoms with E-state index in [0.29, 0.717) is 28.9 Å². The number of aromatic amines is 1. The summed E-state index contributed by atoms with van der Waals surface area (Å²) in [4.78, 5) is 20.8. The number of H-pyrrole nitrogens is 1. The number of amides is 2. The van der Waals surface area contributed by atoms with E-state index in [1.54, 1.807) is 30.3 Å². The number of aromatic nitrogens is 2. The largest absolute Gasteiger partial charge is 0.486 e. The molecule has 0 unspecified atom stereocenters. The van der Waals surface area contributed by atoms with Crippen molar-refractivity contribution in [2.24, 2.45) is 0 Å². The van der Waals surface area contributed by atoms with Gasteiger partial charge in [0.2, 0.25) is 0 Å². The average molecular weight is 439 g/mol. The molecule has 6 nitrogen and oxygen atoms in total. The highest BCUT2D eigenvalue weighted by Gasteiger charge is 2.06. The smallest absolute Gasteiger partial charge is 0.329 e. The van der Waals surface area contributed by atoms with Crippen LogP contribution in [-0.4, -0.2) is 16.0 Å². The lowest BCUT2D eigenvalue weighted by atomic mass is 10.2. The second-order valence-corrected chi connectivity index (χ2v) is 7.87. The van der Waals surface area contributed by atoms with Crippen molar-refractivity contribution in [1.82, 2.24) is 14.7 Å². The Labute approximate surface area is 183 Å². The molecule has 0 atom stereocenters. The minimum Gasteiger partial charge on any atom is -0.486 e. The first-order chi connectivity index (χ1) is 14.6. The number of aryl methyl sites for hydroxylation is 1. The van der Waals surface area contributed by atoms with E-state index in [9.17, 15) is 4.79 Å². The van der Waals surface area contributed by atoms with Gasteiger partial charge in [0.25, 0.3) is 0 Å². The van der Waals surface area contributed by atoms with Gasteiger partial charge in [-0.05, 0) is 73.0 Å². The van der Waals surface area contributed by atoms with E-state index in [1.807, 2.05) is 43.3 Å². The van der Waals surface area contributed by atoms with E-state index in [0.717, 1.165) is 21.5 Å². The Morgan fingerprint density at radius 3 is 2.73 bits per heavy atom. The van der Waals surface area contributed by atoms with Crippen molar-refractivity contribution in [2.45, 2.75) is 18.4 Å². The average Bonchev–Trinajstić information content (AvgIpc) is 3.15. The number of carbonyl (C=O) groups excluding carboxylic acids is 1. The van der Waals surface area contributed by atoms with Crippen LogP contribution in [0, 0.1) is 6.92 Å². The van der Waals surface area contributed by atoms with Crippen LogP contribution in [0.5, 0.6) is 5.75 Å². The van der Waals surface area contributed by atoms with Gasteiger partial charge in [-0.15, -0.1) is 0 Å². The second kappa shape index (κ2) is 9.11. The van der Waals surface area contributed by atoms with Crippen LogP contribution in [0.1, 0.15) is 11.4 Å². The van der Waals surface area contributed by atoms with Gasteiger partial charge in [0.05, 0.1) is 11.0 Å². The summed E-state index contributed by atoms with van der Waals surface area (Å²) in [6.07, 6.45) is 0. The Bertz CT molecular complexity index is 1180. The Morgan fingerprint density at radius 2 is 1.93 bits per heavy atom. The van der Waals surface area contributed by atoms with Crippen molar-refractivity contribution in [3.63, 3.8) is 0 Å². The summed E-state index contributed by atoms with van der Waals surface area (Å²) in [6, 6.07) is 20.2. The molecule has 3 N–H and O–H groups in total. The number of anilines is 1. The summed E-state index contributed by atoms with van der Waals surface area (Å²) in [7, 11) is 0. The molecule has 0 aliphatic carbocycles. The van der Waals surface area contributed by atoms with E-state index < -0.39 is 0 Å². The number of carbonyl (C=O) groups is 1. The lowest BCUT2D eigenvalue weighted by Gasteiger charge is -2.09. The number of imidazole rings is 1. The number of nitrogens with one attached hydrogen (secondary N) is 3. The molecule has 0 spiro atoms. The quantitative estimate of drug-likeness (QED) is 0.326. The predicted octanol–water partition coefficient (Wildman–Crippen LogP) is 5.93. The van der Waals surface area contributed by atoms with Crippen LogP contribution < -0.4 is 14.8 Å². The van der Waals surface area contributed by atoms with E-state index in [1.165, 1.54) is 11.9 Å². The number of hydrogen-bond acceptors (Lipinski definition) is 4. The summed E-state index contributed by atoms with van der Waals surface area (Å²) in [6.45, 7) is 2.30. The van der Waals surface area contributed by atoms with Crippen LogP contribution in [0.2, 0.25) is 5.02 Å². The molecular weight excluding hydrogens is 420 g/mol. The van der Waals surface area contributed by atoms with Crippen molar-refractivity contribution in [2.75, 3.05) is 5.32 Å². The monoisotopic (exact) mass is 438 g/mol. The molecule has 0 saturated carbocycles. The lowest BCUT2D eigenvalue weighted by Crippen LogP contribution is -2.22. The summed E-state index contributed by atoms with van der Waals surface area (Å²) in [5.41, 5.74) is 3.49. The van der Waals surface area contributed by atoms with E-state index in [4.69, 9.17) is 16.3 Å². The topological polar surface area (TPSA) is 79.0 Å². The number of halogens is 1. The Hall–Kier alpha value is -3.16. The normalized spacial score (nSPS) is 10.7. The third-order valence-corrected chi connectivity index (χ3v) is 5.53. The maximum atomic E-state index is 12.1. The van der Waals surface area contributed by atoms with Crippen molar-refractivity contribution in [1.29, 1.82) is 0 Å². The molecule has 2 amide bonds. The molecule has 0 fully saturated rings. The molecule has 4 rings (SSSR count). The minimum atomic E-state index is -0.294. The molecule has 0 aliphatic heterocycles. The molecule has 3 aromatic carbocycles. The van der Waals surface area contributed by atoms with Crippen LogP contribution in [0.25, 0.3) is 11.0 Å². The van der Waals surface area contributed by atoms with E-state index in [2.05, 4.69) is 20.0 Å². The minimum absolute atomic E-state index is 0.294. The van der Waals surface area contributed by atoms with Gasteiger partial charge in [-0.2, -0.15) is 0 Å². The zero-order valence-corrected chi connectivity index (χ0v) is 17.7. The Balaban J connectivity index is 1.29. The molecule has 30 heavy (non-hydrogen) atoms. The second-order valence-electron chi connectivity index (χ2n) is 6.58. The predicted molar refractivity (Wildman–Crippen MR) is 121 cm³/mol. The molecule has 152 valence electrons. The molecule has 0 radical (unpaired) electrons. The van der Waals surface area contributed by atoms with Gasteiger partial charge in [-0.3, -0.25) is 4.72 Å². The maximum absolute atomic E-state index is 12.1. The van der Waals surface area contributed by atoms with Crippen molar-refractivity contribution in [3.05, 3.63) is 83.1 Å². The highest BCUT2D eigenvalue weighted by atomic mass is 35.5. The number of rotatable bonds is 6. The van der Waals surface area contributed by atoms with Crippen LogP contribution in [0.15, 0.2) is 71.6 Å². The van der Waals surface area contributed by atoms with Gasteiger partial charge < -0.3 is 15.0 Å². The van der Waals surface area contributed by atoms with Crippen LogP contribution in [0.4, 0.5) is 10.5 Å². The van der Waals surface area contributed by atoms with Crippen LogP contribution in [0.3, 0.4) is 0 Å². The Kier molecular flexibility index (Phi) is 6.11.